The fraction of sp³-hybridized carbons (Fsp3) is 0.421. The molecular formula is C19H23ClN4O2. The highest BCUT2D eigenvalue weighted by molar-refractivity contribution is 6.31. The highest BCUT2D eigenvalue weighted by Gasteiger charge is 2.27. The molecule has 0 fully saturated rings. The third kappa shape index (κ3) is 3.75. The first-order valence-corrected chi connectivity index (χ1v) is 9.34. The molecule has 7 heteroatoms. The summed E-state index contributed by atoms with van der Waals surface area (Å²) in [5.74, 6) is -0.268. The molecular weight excluding hydrogens is 352 g/mol. The van der Waals surface area contributed by atoms with Crippen molar-refractivity contribution < 1.29 is 9.59 Å². The molecule has 1 aliphatic rings. The number of nitrogens with one attached hydrogen (secondary N) is 2. The van der Waals surface area contributed by atoms with Crippen LogP contribution in [0.4, 0.5) is 5.69 Å². The summed E-state index contributed by atoms with van der Waals surface area (Å²) in [6.45, 7) is 5.18. The van der Waals surface area contributed by atoms with Crippen LogP contribution in [0.1, 0.15) is 58.6 Å². The van der Waals surface area contributed by atoms with Gasteiger partial charge in [-0.25, -0.2) is 4.98 Å². The van der Waals surface area contributed by atoms with Crippen LogP contribution in [0.3, 0.4) is 0 Å². The zero-order chi connectivity index (χ0) is 18.7. The molecule has 0 bridgehead atoms. The Balaban J connectivity index is 1.88. The van der Waals surface area contributed by atoms with Gasteiger partial charge in [0.25, 0.3) is 11.8 Å². The van der Waals surface area contributed by atoms with Crippen LogP contribution in [0.5, 0.6) is 0 Å². The molecule has 2 N–H and O–H groups in total. The lowest BCUT2D eigenvalue weighted by molar-refractivity contribution is 0.0947. The minimum absolute atomic E-state index is 0.213. The number of benzene rings is 1. The van der Waals surface area contributed by atoms with Crippen molar-refractivity contribution >= 4 is 29.1 Å². The fourth-order valence-corrected chi connectivity index (χ4v) is 3.26. The molecule has 0 saturated heterocycles. The number of carbonyl (C=O) groups is 2. The second kappa shape index (κ2) is 7.91. The van der Waals surface area contributed by atoms with Crippen LogP contribution in [0.2, 0.25) is 5.02 Å². The molecule has 0 spiro atoms. The van der Waals surface area contributed by atoms with Gasteiger partial charge in [0.2, 0.25) is 0 Å². The van der Waals surface area contributed by atoms with E-state index in [1.165, 1.54) is 0 Å². The van der Waals surface area contributed by atoms with Crippen LogP contribution in [0.15, 0.2) is 18.2 Å². The summed E-state index contributed by atoms with van der Waals surface area (Å²) < 4.78 is 1.87. The molecule has 0 saturated carbocycles. The van der Waals surface area contributed by atoms with Gasteiger partial charge >= 0.3 is 0 Å². The van der Waals surface area contributed by atoms with E-state index in [1.54, 1.807) is 12.1 Å². The summed E-state index contributed by atoms with van der Waals surface area (Å²) in [7, 11) is 0. The summed E-state index contributed by atoms with van der Waals surface area (Å²) in [6.07, 6.45) is 3.57. The van der Waals surface area contributed by atoms with Crippen LogP contribution in [-0.2, 0) is 13.0 Å². The lowest BCUT2D eigenvalue weighted by atomic mass is 10.1. The number of rotatable bonds is 5. The molecule has 138 valence electrons. The van der Waals surface area contributed by atoms with Crippen LogP contribution < -0.4 is 10.6 Å². The zero-order valence-electron chi connectivity index (χ0n) is 15.1. The first-order chi connectivity index (χ1) is 12.5. The van der Waals surface area contributed by atoms with Crippen LogP contribution in [-0.4, -0.2) is 27.9 Å². The third-order valence-electron chi connectivity index (χ3n) is 4.50. The molecule has 0 aliphatic carbocycles. The van der Waals surface area contributed by atoms with Crippen molar-refractivity contribution in [2.75, 3.05) is 11.9 Å². The van der Waals surface area contributed by atoms with E-state index in [0.717, 1.165) is 36.9 Å². The molecule has 0 atom stereocenters. The van der Waals surface area contributed by atoms with Gasteiger partial charge in [0.05, 0.1) is 5.69 Å². The summed E-state index contributed by atoms with van der Waals surface area (Å²) >= 11 is 6.13. The molecule has 2 amide bonds. The van der Waals surface area contributed by atoms with E-state index >= 15 is 0 Å². The van der Waals surface area contributed by atoms with E-state index in [1.807, 2.05) is 24.5 Å². The van der Waals surface area contributed by atoms with E-state index in [9.17, 15) is 9.59 Å². The van der Waals surface area contributed by atoms with Gasteiger partial charge < -0.3 is 15.2 Å². The van der Waals surface area contributed by atoms with Crippen LogP contribution in [0, 0.1) is 6.92 Å². The number of fused-ring (bicyclic) bond motifs is 1. The predicted molar refractivity (Wildman–Crippen MR) is 102 cm³/mol. The molecule has 1 aromatic carbocycles. The molecule has 0 radical (unpaired) electrons. The number of carbonyl (C=O) groups excluding carboxylic acids is 2. The summed E-state index contributed by atoms with van der Waals surface area (Å²) in [5, 5.41) is 6.27. The summed E-state index contributed by atoms with van der Waals surface area (Å²) in [5.41, 5.74) is 2.76. The zero-order valence-corrected chi connectivity index (χ0v) is 15.8. The molecule has 6 nitrogen and oxygen atoms in total. The minimum atomic E-state index is -0.331. The first-order valence-electron chi connectivity index (χ1n) is 8.96. The van der Waals surface area contributed by atoms with Gasteiger partial charge in [0.1, 0.15) is 5.69 Å². The highest BCUT2D eigenvalue weighted by atomic mass is 35.5. The Kier molecular flexibility index (Phi) is 5.61. The maximum absolute atomic E-state index is 12.8. The Morgan fingerprint density at radius 1 is 1.27 bits per heavy atom. The Hall–Kier alpha value is -2.34. The Morgan fingerprint density at radius 3 is 2.81 bits per heavy atom. The van der Waals surface area contributed by atoms with E-state index < -0.39 is 0 Å². The van der Waals surface area contributed by atoms with Crippen molar-refractivity contribution in [1.82, 2.24) is 14.9 Å². The number of amides is 2. The molecule has 3 rings (SSSR count). The second-order valence-electron chi connectivity index (χ2n) is 6.51. The van der Waals surface area contributed by atoms with Crippen molar-refractivity contribution in [3.8, 4) is 0 Å². The second-order valence-corrected chi connectivity index (χ2v) is 6.92. The number of hydrogen-bond donors (Lipinski definition) is 2. The van der Waals surface area contributed by atoms with Crippen LogP contribution >= 0.6 is 11.6 Å². The standard InChI is InChI=1S/C19H23ClN4O2/c1-3-9-21-18(25)16-15-6-4-5-10-24(15)17(23-16)19(26)22-13-8-7-12(2)14(20)11-13/h7-8,11H,3-6,9-10H2,1-2H3,(H,21,25)(H,22,26). The predicted octanol–water partition coefficient (Wildman–Crippen LogP) is 3.57. The first kappa shape index (κ1) is 18.5. The normalized spacial score (nSPS) is 13.2. The molecule has 1 aromatic heterocycles. The lowest BCUT2D eigenvalue weighted by Gasteiger charge is -2.17. The average molecular weight is 375 g/mol. The molecule has 0 unspecified atom stereocenters. The number of aromatic nitrogens is 2. The maximum atomic E-state index is 12.8. The number of nitrogens with zero attached hydrogens (tertiary/aromatic N) is 2. The number of halogens is 1. The van der Waals surface area contributed by atoms with Gasteiger partial charge in [-0.3, -0.25) is 9.59 Å². The van der Waals surface area contributed by atoms with E-state index in [-0.39, 0.29) is 17.6 Å². The fourth-order valence-electron chi connectivity index (χ4n) is 3.08. The van der Waals surface area contributed by atoms with E-state index in [4.69, 9.17) is 11.6 Å². The van der Waals surface area contributed by atoms with Crippen molar-refractivity contribution in [3.05, 3.63) is 46.0 Å². The van der Waals surface area contributed by atoms with Crippen LogP contribution in [0.25, 0.3) is 0 Å². The quantitative estimate of drug-likeness (QED) is 0.839. The van der Waals surface area contributed by atoms with Crippen molar-refractivity contribution in [2.45, 2.75) is 46.1 Å². The molecule has 2 heterocycles. The molecule has 1 aliphatic heterocycles. The number of hydrogen-bond acceptors (Lipinski definition) is 3. The Bertz CT molecular complexity index is 844. The van der Waals surface area contributed by atoms with Gasteiger partial charge in [-0.2, -0.15) is 0 Å². The Labute approximate surface area is 157 Å². The SMILES string of the molecule is CCCNC(=O)c1nc(C(=O)Nc2ccc(C)c(Cl)c2)n2c1CCCC2. The molecule has 26 heavy (non-hydrogen) atoms. The largest absolute Gasteiger partial charge is 0.351 e. The minimum Gasteiger partial charge on any atom is -0.351 e. The van der Waals surface area contributed by atoms with Gasteiger partial charge in [-0.15, -0.1) is 0 Å². The summed E-state index contributed by atoms with van der Waals surface area (Å²) in [6, 6.07) is 5.36. The highest BCUT2D eigenvalue weighted by Crippen LogP contribution is 2.23. The topological polar surface area (TPSA) is 76.0 Å². The van der Waals surface area contributed by atoms with E-state index in [0.29, 0.717) is 29.5 Å². The van der Waals surface area contributed by atoms with Crippen molar-refractivity contribution in [2.24, 2.45) is 0 Å². The monoisotopic (exact) mass is 374 g/mol. The average Bonchev–Trinajstić information content (AvgIpc) is 3.03. The van der Waals surface area contributed by atoms with Gasteiger partial charge in [0.15, 0.2) is 5.82 Å². The number of aryl methyl sites for hydroxylation is 1. The number of imidazole rings is 1. The summed E-state index contributed by atoms with van der Waals surface area (Å²) in [4.78, 5) is 29.6. The lowest BCUT2D eigenvalue weighted by Crippen LogP contribution is -2.26. The van der Waals surface area contributed by atoms with Crippen molar-refractivity contribution in [1.29, 1.82) is 0 Å². The van der Waals surface area contributed by atoms with Gasteiger partial charge in [-0.05, 0) is 50.3 Å². The van der Waals surface area contributed by atoms with Gasteiger partial charge in [0, 0.05) is 23.8 Å². The third-order valence-corrected chi connectivity index (χ3v) is 4.91. The maximum Gasteiger partial charge on any atom is 0.291 e. The number of anilines is 1. The smallest absolute Gasteiger partial charge is 0.291 e. The molecule has 2 aromatic rings. The van der Waals surface area contributed by atoms with Crippen molar-refractivity contribution in [3.63, 3.8) is 0 Å². The van der Waals surface area contributed by atoms with Gasteiger partial charge in [-0.1, -0.05) is 24.6 Å². The Morgan fingerprint density at radius 2 is 2.08 bits per heavy atom. The van der Waals surface area contributed by atoms with E-state index in [2.05, 4.69) is 15.6 Å².